The van der Waals surface area contributed by atoms with Gasteiger partial charge in [0.05, 0.1) is 11.9 Å². The lowest BCUT2D eigenvalue weighted by molar-refractivity contribution is -0.307. The second-order valence-corrected chi connectivity index (χ2v) is 3.41. The second kappa shape index (κ2) is 3.31. The number of aliphatic carboxylic acids is 1. The molecule has 0 saturated heterocycles. The lowest BCUT2D eigenvalue weighted by Gasteiger charge is -2.07. The first-order valence-electron chi connectivity index (χ1n) is 4.51. The van der Waals surface area contributed by atoms with Crippen LogP contribution in [0.15, 0.2) is 28.7 Å². The standard InChI is InChI=1S/C11H10O4/c1-6(11(13)14)10-5-7-4-8(12)2-3-9(7)15-10/h2-6,12H,1H3,(H,13,14)/p-1. The molecule has 2 aromatic rings. The summed E-state index contributed by atoms with van der Waals surface area (Å²) >= 11 is 0. The molecule has 1 unspecified atom stereocenters. The zero-order valence-electron chi connectivity index (χ0n) is 8.06. The van der Waals surface area contributed by atoms with Gasteiger partial charge in [-0.3, -0.25) is 0 Å². The number of carbonyl (C=O) groups is 1. The highest BCUT2D eigenvalue weighted by Crippen LogP contribution is 2.27. The van der Waals surface area contributed by atoms with Gasteiger partial charge in [0, 0.05) is 5.39 Å². The van der Waals surface area contributed by atoms with Crippen LogP contribution in [0.3, 0.4) is 0 Å². The minimum Gasteiger partial charge on any atom is -0.549 e. The zero-order valence-corrected chi connectivity index (χ0v) is 8.06. The van der Waals surface area contributed by atoms with E-state index in [0.29, 0.717) is 16.7 Å². The van der Waals surface area contributed by atoms with E-state index in [4.69, 9.17) is 4.42 Å². The van der Waals surface area contributed by atoms with Gasteiger partial charge in [0.15, 0.2) is 0 Å². The van der Waals surface area contributed by atoms with Crippen molar-refractivity contribution < 1.29 is 19.4 Å². The van der Waals surface area contributed by atoms with Gasteiger partial charge in [-0.1, -0.05) is 6.92 Å². The summed E-state index contributed by atoms with van der Waals surface area (Å²) in [4.78, 5) is 10.6. The minimum atomic E-state index is -1.18. The predicted octanol–water partition coefficient (Wildman–Crippen LogP) is 0.992. The smallest absolute Gasteiger partial charge is 0.134 e. The molecule has 0 bridgehead atoms. The summed E-state index contributed by atoms with van der Waals surface area (Å²) in [7, 11) is 0. The van der Waals surface area contributed by atoms with Gasteiger partial charge < -0.3 is 19.4 Å². The van der Waals surface area contributed by atoms with Crippen LogP contribution in [0.2, 0.25) is 0 Å². The molecule has 0 fully saturated rings. The normalized spacial score (nSPS) is 12.9. The number of furan rings is 1. The van der Waals surface area contributed by atoms with Crippen molar-refractivity contribution in [3.05, 3.63) is 30.0 Å². The summed E-state index contributed by atoms with van der Waals surface area (Å²) in [5.41, 5.74) is 0.552. The maximum absolute atomic E-state index is 10.6. The molecule has 1 heterocycles. The maximum Gasteiger partial charge on any atom is 0.134 e. The van der Waals surface area contributed by atoms with Crippen LogP contribution >= 0.6 is 0 Å². The molecule has 1 N–H and O–H groups in total. The Bertz CT molecular complexity index is 512. The fourth-order valence-corrected chi connectivity index (χ4v) is 1.38. The van der Waals surface area contributed by atoms with E-state index >= 15 is 0 Å². The second-order valence-electron chi connectivity index (χ2n) is 3.41. The largest absolute Gasteiger partial charge is 0.549 e. The number of fused-ring (bicyclic) bond motifs is 1. The van der Waals surface area contributed by atoms with Crippen molar-refractivity contribution in [3.63, 3.8) is 0 Å². The van der Waals surface area contributed by atoms with Crippen molar-refractivity contribution >= 4 is 16.9 Å². The molecule has 0 spiro atoms. The fourth-order valence-electron chi connectivity index (χ4n) is 1.38. The van der Waals surface area contributed by atoms with Gasteiger partial charge >= 0.3 is 0 Å². The van der Waals surface area contributed by atoms with Crippen molar-refractivity contribution in [1.82, 2.24) is 0 Å². The van der Waals surface area contributed by atoms with Crippen molar-refractivity contribution in [1.29, 1.82) is 0 Å². The van der Waals surface area contributed by atoms with E-state index in [2.05, 4.69) is 0 Å². The van der Waals surface area contributed by atoms with Crippen LogP contribution in [-0.4, -0.2) is 11.1 Å². The predicted molar refractivity (Wildman–Crippen MR) is 51.3 cm³/mol. The molecular formula is C11H9O4-. The number of hydrogen-bond donors (Lipinski definition) is 1. The van der Waals surface area contributed by atoms with Crippen molar-refractivity contribution in [3.8, 4) is 5.75 Å². The Morgan fingerprint density at radius 2 is 2.20 bits per heavy atom. The highest BCUT2D eigenvalue weighted by molar-refractivity contribution is 5.82. The first-order valence-corrected chi connectivity index (χ1v) is 4.51. The monoisotopic (exact) mass is 205 g/mol. The maximum atomic E-state index is 10.6. The summed E-state index contributed by atoms with van der Waals surface area (Å²) in [6, 6.07) is 6.19. The van der Waals surface area contributed by atoms with Gasteiger partial charge in [0.1, 0.15) is 17.1 Å². The van der Waals surface area contributed by atoms with Crippen molar-refractivity contribution in [2.75, 3.05) is 0 Å². The molecule has 0 saturated carbocycles. The van der Waals surface area contributed by atoms with Crippen LogP contribution in [0.1, 0.15) is 18.6 Å². The van der Waals surface area contributed by atoms with Crippen LogP contribution in [0.4, 0.5) is 0 Å². The first kappa shape index (κ1) is 9.58. The Kier molecular flexibility index (Phi) is 2.11. The molecule has 1 atom stereocenters. The molecule has 78 valence electrons. The molecule has 1 aromatic heterocycles. The molecule has 0 radical (unpaired) electrons. The molecule has 2 rings (SSSR count). The molecule has 15 heavy (non-hydrogen) atoms. The third kappa shape index (κ3) is 1.66. The van der Waals surface area contributed by atoms with Gasteiger partial charge in [-0.05, 0) is 24.3 Å². The van der Waals surface area contributed by atoms with Gasteiger partial charge in [-0.15, -0.1) is 0 Å². The molecular weight excluding hydrogens is 196 g/mol. The number of rotatable bonds is 2. The number of phenolic OH excluding ortho intramolecular Hbond substituents is 1. The van der Waals surface area contributed by atoms with E-state index in [9.17, 15) is 15.0 Å². The van der Waals surface area contributed by atoms with E-state index in [0.717, 1.165) is 0 Å². The SMILES string of the molecule is CC(C(=O)[O-])c1cc2cc(O)ccc2o1. The van der Waals surface area contributed by atoms with Crippen LogP contribution in [0.5, 0.6) is 5.75 Å². The highest BCUT2D eigenvalue weighted by atomic mass is 16.4. The summed E-state index contributed by atoms with van der Waals surface area (Å²) in [5, 5.41) is 20.5. The van der Waals surface area contributed by atoms with Crippen LogP contribution in [-0.2, 0) is 4.79 Å². The summed E-state index contributed by atoms with van der Waals surface area (Å²) in [6.45, 7) is 1.49. The van der Waals surface area contributed by atoms with Gasteiger partial charge in [-0.2, -0.15) is 0 Å². The zero-order chi connectivity index (χ0) is 11.0. The summed E-state index contributed by atoms with van der Waals surface area (Å²) < 4.78 is 5.31. The van der Waals surface area contributed by atoms with E-state index < -0.39 is 11.9 Å². The van der Waals surface area contributed by atoms with E-state index in [1.54, 1.807) is 12.1 Å². The number of carboxylic acids is 1. The van der Waals surface area contributed by atoms with E-state index in [-0.39, 0.29) is 5.75 Å². The number of carboxylic acid groups (broad SMARTS) is 1. The Morgan fingerprint density at radius 3 is 2.87 bits per heavy atom. The summed E-state index contributed by atoms with van der Waals surface area (Å²) in [5.74, 6) is -1.52. The van der Waals surface area contributed by atoms with Crippen LogP contribution in [0, 0.1) is 0 Å². The first-order chi connectivity index (χ1) is 7.08. The minimum absolute atomic E-state index is 0.121. The van der Waals surface area contributed by atoms with Gasteiger partial charge in [-0.25, -0.2) is 0 Å². The number of benzene rings is 1. The fraction of sp³-hybridized carbons (Fsp3) is 0.182. The summed E-state index contributed by atoms with van der Waals surface area (Å²) in [6.07, 6.45) is 0. The Morgan fingerprint density at radius 1 is 1.47 bits per heavy atom. The number of phenols is 1. The quantitative estimate of drug-likeness (QED) is 0.793. The van der Waals surface area contributed by atoms with Gasteiger partial charge in [0.2, 0.25) is 0 Å². The molecule has 0 aliphatic heterocycles. The van der Waals surface area contributed by atoms with Crippen molar-refractivity contribution in [2.45, 2.75) is 12.8 Å². The molecule has 0 amide bonds. The topological polar surface area (TPSA) is 73.5 Å². The molecule has 0 aliphatic rings. The number of hydrogen-bond acceptors (Lipinski definition) is 4. The van der Waals surface area contributed by atoms with Crippen LogP contribution < -0.4 is 5.11 Å². The van der Waals surface area contributed by atoms with Gasteiger partial charge in [0.25, 0.3) is 0 Å². The van der Waals surface area contributed by atoms with Crippen LogP contribution in [0.25, 0.3) is 11.0 Å². The lowest BCUT2D eigenvalue weighted by atomic mass is 10.1. The third-order valence-electron chi connectivity index (χ3n) is 2.30. The van der Waals surface area contributed by atoms with Crippen molar-refractivity contribution in [2.24, 2.45) is 0 Å². The average Bonchev–Trinajstić information content (AvgIpc) is 2.58. The Balaban J connectivity index is 2.51. The van der Waals surface area contributed by atoms with E-state index in [1.807, 2.05) is 0 Å². The number of aromatic hydroxyl groups is 1. The molecule has 4 nitrogen and oxygen atoms in total. The molecule has 0 aliphatic carbocycles. The average molecular weight is 205 g/mol. The highest BCUT2D eigenvalue weighted by Gasteiger charge is 2.12. The Labute approximate surface area is 85.8 Å². The molecule has 1 aromatic carbocycles. The third-order valence-corrected chi connectivity index (χ3v) is 2.30. The van der Waals surface area contributed by atoms with E-state index in [1.165, 1.54) is 19.1 Å². The number of carbonyl (C=O) groups excluding carboxylic acids is 1. The Hall–Kier alpha value is -1.97. The molecule has 4 heteroatoms. The lowest BCUT2D eigenvalue weighted by Crippen LogP contribution is -2.27.